The highest BCUT2D eigenvalue weighted by atomic mass is 32.1. The molecule has 11 heteroatoms. The Morgan fingerprint density at radius 2 is 1.44 bits per heavy atom. The minimum absolute atomic E-state index is 0.0722. The molecule has 0 saturated carbocycles. The number of carbonyl (C=O) groups excluding carboxylic acids is 1. The number of carbonyl (C=O) groups is 1. The van der Waals surface area contributed by atoms with E-state index in [1.54, 1.807) is 29.2 Å². The Balaban J connectivity index is 1.35. The van der Waals surface area contributed by atoms with Crippen LogP contribution < -0.4 is 15.0 Å². The average Bonchev–Trinajstić information content (AvgIpc) is 2.91. The van der Waals surface area contributed by atoms with Gasteiger partial charge in [-0.05, 0) is 36.0 Å². The number of hydrogen-bond donors (Lipinski definition) is 1. The molecule has 36 heavy (non-hydrogen) atoms. The molecule has 0 aromatic heterocycles. The van der Waals surface area contributed by atoms with Crippen molar-refractivity contribution in [3.05, 3.63) is 94.8 Å². The molecule has 0 radical (unpaired) electrons. The first kappa shape index (κ1) is 25.4. The van der Waals surface area contributed by atoms with Gasteiger partial charge < -0.3 is 14.5 Å². The van der Waals surface area contributed by atoms with E-state index in [0.717, 1.165) is 10.5 Å². The summed E-state index contributed by atoms with van der Waals surface area (Å²) in [6.45, 7) is 0.379. The van der Waals surface area contributed by atoms with Crippen molar-refractivity contribution in [1.29, 1.82) is 0 Å². The van der Waals surface area contributed by atoms with E-state index in [4.69, 9.17) is 17.0 Å². The molecule has 1 N–H and O–H groups in total. The van der Waals surface area contributed by atoms with E-state index >= 15 is 0 Å². The summed E-state index contributed by atoms with van der Waals surface area (Å²) >= 11 is 5.29. The smallest absolute Gasteiger partial charge is 0.257 e. The van der Waals surface area contributed by atoms with Crippen LogP contribution in [0.4, 0.5) is 27.6 Å². The summed E-state index contributed by atoms with van der Waals surface area (Å²) in [5.74, 6) is -9.95. The predicted octanol–water partition coefficient (Wildman–Crippen LogP) is 4.80. The van der Waals surface area contributed by atoms with Gasteiger partial charge in [0.15, 0.2) is 28.4 Å². The second-order valence-electron chi connectivity index (χ2n) is 7.95. The molecule has 4 rings (SSSR count). The van der Waals surface area contributed by atoms with Crippen molar-refractivity contribution in [3.8, 4) is 5.75 Å². The lowest BCUT2D eigenvalue weighted by Crippen LogP contribution is -2.53. The van der Waals surface area contributed by atoms with Crippen LogP contribution in [0.3, 0.4) is 0 Å². The Morgan fingerprint density at radius 1 is 0.833 bits per heavy atom. The quantitative estimate of drug-likeness (QED) is 0.226. The maximum absolute atomic E-state index is 14.1. The lowest BCUT2D eigenvalue weighted by Gasteiger charge is -2.37. The summed E-state index contributed by atoms with van der Waals surface area (Å²) in [4.78, 5) is 15.3. The van der Waals surface area contributed by atoms with E-state index in [1.165, 1.54) is 0 Å². The predicted molar refractivity (Wildman–Crippen MR) is 127 cm³/mol. The second-order valence-corrected chi connectivity index (χ2v) is 8.34. The first-order valence-electron chi connectivity index (χ1n) is 10.9. The molecular weight excluding hydrogens is 501 g/mol. The van der Waals surface area contributed by atoms with E-state index in [9.17, 15) is 26.7 Å². The summed E-state index contributed by atoms with van der Waals surface area (Å²) in [6, 6.07) is 16.1. The van der Waals surface area contributed by atoms with E-state index < -0.39 is 40.7 Å². The maximum Gasteiger partial charge on any atom is 0.257 e. The summed E-state index contributed by atoms with van der Waals surface area (Å²) in [5.41, 5.74) is 0.301. The highest BCUT2D eigenvalue weighted by Gasteiger charge is 2.31. The molecule has 1 heterocycles. The molecule has 0 atom stereocenters. The zero-order valence-electron chi connectivity index (χ0n) is 18.7. The number of thiocarbonyl (C=S) groups is 1. The van der Waals surface area contributed by atoms with Crippen LogP contribution in [0, 0.1) is 29.1 Å². The molecule has 0 bridgehead atoms. The Hall–Kier alpha value is -3.73. The SMILES string of the molecule is O=C(NC(=S)N1CCN(c2c(F)c(F)c(F)c(F)c2F)CC1)c1cccc(OCc2ccccc2)c1. The normalized spacial score (nSPS) is 13.5. The van der Waals surface area contributed by atoms with Crippen LogP contribution in [0.2, 0.25) is 0 Å². The van der Waals surface area contributed by atoms with Crippen LogP contribution in [0.1, 0.15) is 15.9 Å². The van der Waals surface area contributed by atoms with Gasteiger partial charge in [0.1, 0.15) is 18.0 Å². The molecule has 5 nitrogen and oxygen atoms in total. The van der Waals surface area contributed by atoms with Crippen LogP contribution in [0.5, 0.6) is 5.75 Å². The molecule has 0 unspecified atom stereocenters. The summed E-state index contributed by atoms with van der Waals surface area (Å²) in [6.07, 6.45) is 0. The van der Waals surface area contributed by atoms with Crippen molar-refractivity contribution in [1.82, 2.24) is 10.2 Å². The zero-order chi connectivity index (χ0) is 25.8. The molecular formula is C25H20F5N3O2S. The number of rotatable bonds is 5. The number of halogens is 5. The monoisotopic (exact) mass is 521 g/mol. The standard InChI is InChI=1S/C25H20F5N3O2S/c26-18-19(27)21(29)23(22(30)20(18)28)32-9-11-33(12-10-32)25(36)31-24(34)16-7-4-8-17(13-16)35-14-15-5-2-1-3-6-15/h1-8,13H,9-12,14H2,(H,31,34,36). The molecule has 0 aliphatic carbocycles. The van der Waals surface area contributed by atoms with Crippen molar-refractivity contribution in [2.75, 3.05) is 31.1 Å². The van der Waals surface area contributed by atoms with Gasteiger partial charge in [0.25, 0.3) is 5.91 Å². The molecule has 1 saturated heterocycles. The van der Waals surface area contributed by atoms with Crippen LogP contribution in [-0.4, -0.2) is 42.1 Å². The lowest BCUT2D eigenvalue weighted by molar-refractivity contribution is 0.0972. The molecule has 3 aromatic rings. The molecule has 1 aliphatic heterocycles. The van der Waals surface area contributed by atoms with Crippen molar-refractivity contribution in [2.24, 2.45) is 0 Å². The van der Waals surface area contributed by atoms with Gasteiger partial charge in [-0.1, -0.05) is 36.4 Å². The van der Waals surface area contributed by atoms with Gasteiger partial charge in [0.2, 0.25) is 5.82 Å². The van der Waals surface area contributed by atoms with Crippen molar-refractivity contribution in [2.45, 2.75) is 6.61 Å². The Labute approximate surface area is 209 Å². The van der Waals surface area contributed by atoms with Crippen molar-refractivity contribution in [3.63, 3.8) is 0 Å². The van der Waals surface area contributed by atoms with E-state index in [0.29, 0.717) is 17.9 Å². The van der Waals surface area contributed by atoms with Crippen LogP contribution >= 0.6 is 12.2 Å². The van der Waals surface area contributed by atoms with Gasteiger partial charge >= 0.3 is 0 Å². The Kier molecular flexibility index (Phi) is 7.68. The number of nitrogens with zero attached hydrogens (tertiary/aromatic N) is 2. The fourth-order valence-corrected chi connectivity index (χ4v) is 4.00. The molecule has 0 spiro atoms. The molecule has 1 amide bonds. The van der Waals surface area contributed by atoms with Gasteiger partial charge in [-0.2, -0.15) is 0 Å². The Morgan fingerprint density at radius 3 is 2.08 bits per heavy atom. The van der Waals surface area contributed by atoms with E-state index in [1.807, 2.05) is 30.3 Å². The minimum atomic E-state index is -2.20. The third kappa shape index (κ3) is 5.40. The number of nitrogens with one attached hydrogen (secondary N) is 1. The number of ether oxygens (including phenoxy) is 1. The van der Waals surface area contributed by atoms with Gasteiger partial charge in [-0.15, -0.1) is 0 Å². The van der Waals surface area contributed by atoms with Gasteiger partial charge in [-0.25, -0.2) is 22.0 Å². The molecule has 3 aromatic carbocycles. The second kappa shape index (κ2) is 10.9. The third-order valence-corrected chi connectivity index (χ3v) is 6.00. The largest absolute Gasteiger partial charge is 0.489 e. The number of hydrogen-bond acceptors (Lipinski definition) is 4. The molecule has 188 valence electrons. The van der Waals surface area contributed by atoms with Gasteiger partial charge in [0, 0.05) is 31.7 Å². The maximum atomic E-state index is 14.1. The van der Waals surface area contributed by atoms with E-state index in [-0.39, 0.29) is 31.3 Å². The Bertz CT molecular complexity index is 1260. The third-order valence-electron chi connectivity index (χ3n) is 5.63. The zero-order valence-corrected chi connectivity index (χ0v) is 19.6. The highest BCUT2D eigenvalue weighted by Crippen LogP contribution is 2.30. The first-order valence-corrected chi connectivity index (χ1v) is 11.3. The summed E-state index contributed by atoms with van der Waals surface area (Å²) in [5, 5.41) is 2.67. The summed E-state index contributed by atoms with van der Waals surface area (Å²) in [7, 11) is 0. The number of amides is 1. The average molecular weight is 522 g/mol. The van der Waals surface area contributed by atoms with Crippen LogP contribution in [-0.2, 0) is 6.61 Å². The fraction of sp³-hybridized carbons (Fsp3) is 0.200. The lowest BCUT2D eigenvalue weighted by atomic mass is 10.2. The number of anilines is 1. The number of piperazine rings is 1. The van der Waals surface area contributed by atoms with E-state index in [2.05, 4.69) is 5.32 Å². The van der Waals surface area contributed by atoms with Crippen molar-refractivity contribution >= 4 is 28.9 Å². The first-order chi connectivity index (χ1) is 17.3. The van der Waals surface area contributed by atoms with Crippen molar-refractivity contribution < 1.29 is 31.5 Å². The fourth-order valence-electron chi connectivity index (χ4n) is 3.72. The van der Waals surface area contributed by atoms with Gasteiger partial charge in [-0.3, -0.25) is 10.1 Å². The van der Waals surface area contributed by atoms with Gasteiger partial charge in [0.05, 0.1) is 0 Å². The van der Waals surface area contributed by atoms with Crippen LogP contribution in [0.25, 0.3) is 0 Å². The highest BCUT2D eigenvalue weighted by molar-refractivity contribution is 7.80. The molecule has 1 fully saturated rings. The number of benzene rings is 3. The molecule has 1 aliphatic rings. The van der Waals surface area contributed by atoms with Crippen LogP contribution in [0.15, 0.2) is 54.6 Å². The topological polar surface area (TPSA) is 44.8 Å². The summed E-state index contributed by atoms with van der Waals surface area (Å²) < 4.78 is 74.4. The minimum Gasteiger partial charge on any atom is -0.489 e.